The topological polar surface area (TPSA) is 20.3 Å². The monoisotopic (exact) mass is 431 g/mol. The van der Waals surface area contributed by atoms with Gasteiger partial charge in [-0.1, -0.05) is 84.9 Å². The third-order valence-corrected chi connectivity index (χ3v) is 8.87. The molecule has 4 atom stereocenters. The van der Waals surface area contributed by atoms with Gasteiger partial charge in [-0.15, -0.1) is 0 Å². The number of ketones is 1. The summed E-state index contributed by atoms with van der Waals surface area (Å²) in [7, 11) is 0. The normalized spacial score (nSPS) is 30.5. The highest BCUT2D eigenvalue weighted by Gasteiger charge is 2.65. The first-order valence-electron chi connectivity index (χ1n) is 12.5. The van der Waals surface area contributed by atoms with Crippen molar-refractivity contribution < 1.29 is 4.79 Å². The molecule has 2 bridgehead atoms. The van der Waals surface area contributed by atoms with Crippen molar-refractivity contribution in [1.29, 1.82) is 0 Å². The van der Waals surface area contributed by atoms with Gasteiger partial charge in [0.05, 0.1) is 5.54 Å². The third kappa shape index (κ3) is 2.62. The number of Topliss-reactive ketones (excluding diaryl/α,β-unsaturated/α-hetero) is 1. The van der Waals surface area contributed by atoms with E-state index in [9.17, 15) is 4.79 Å². The number of nitrogens with zero attached hydrogens (tertiary/aromatic N) is 1. The summed E-state index contributed by atoms with van der Waals surface area (Å²) in [6, 6.07) is 30.3. The van der Waals surface area contributed by atoms with Crippen LogP contribution >= 0.6 is 0 Å². The number of benzene rings is 3. The van der Waals surface area contributed by atoms with Crippen LogP contribution in [-0.2, 0) is 4.79 Å². The second-order valence-corrected chi connectivity index (χ2v) is 10.3. The molecule has 0 radical (unpaired) electrons. The molecule has 1 saturated heterocycles. The fourth-order valence-electron chi connectivity index (χ4n) is 7.71. The first-order valence-corrected chi connectivity index (χ1v) is 12.5. The number of rotatable bonds is 3. The molecule has 2 fully saturated rings. The summed E-state index contributed by atoms with van der Waals surface area (Å²) in [5.41, 5.74) is 7.14. The molecule has 3 aromatic carbocycles. The first-order chi connectivity index (χ1) is 16.3. The molecule has 1 aliphatic heterocycles. The molecule has 1 heterocycles. The summed E-state index contributed by atoms with van der Waals surface area (Å²) < 4.78 is 0. The number of carbonyl (C=O) groups excluding carboxylic acids is 1. The molecule has 164 valence electrons. The Bertz CT molecular complexity index is 1250. The number of carbonyl (C=O) groups is 1. The van der Waals surface area contributed by atoms with E-state index in [2.05, 4.69) is 83.8 Å². The summed E-state index contributed by atoms with van der Waals surface area (Å²) in [6.45, 7) is 2.09. The van der Waals surface area contributed by atoms with E-state index in [4.69, 9.17) is 0 Å². The quantitative estimate of drug-likeness (QED) is 0.485. The Morgan fingerprint density at radius 2 is 1.33 bits per heavy atom. The van der Waals surface area contributed by atoms with Crippen molar-refractivity contribution in [2.45, 2.75) is 43.1 Å². The van der Waals surface area contributed by atoms with Crippen LogP contribution < -0.4 is 0 Å². The maximum atomic E-state index is 14.8. The van der Waals surface area contributed by atoms with Gasteiger partial charge in [-0.25, -0.2) is 0 Å². The van der Waals surface area contributed by atoms with Crippen LogP contribution in [0.4, 0.5) is 0 Å². The second-order valence-electron chi connectivity index (χ2n) is 10.3. The largest absolute Gasteiger partial charge is 0.292 e. The molecule has 2 heteroatoms. The summed E-state index contributed by atoms with van der Waals surface area (Å²) >= 11 is 0. The number of fused-ring (bicyclic) bond motifs is 7. The predicted octanol–water partition coefficient (Wildman–Crippen LogP) is 6.31. The Labute approximate surface area is 195 Å². The van der Waals surface area contributed by atoms with Gasteiger partial charge in [-0.3, -0.25) is 9.69 Å². The summed E-state index contributed by atoms with van der Waals surface area (Å²) in [5.74, 6) is 1.47. The molecule has 3 aromatic rings. The van der Waals surface area contributed by atoms with Crippen molar-refractivity contribution in [2.24, 2.45) is 5.92 Å². The molecule has 0 N–H and O–H groups in total. The summed E-state index contributed by atoms with van der Waals surface area (Å²) in [4.78, 5) is 17.4. The first kappa shape index (κ1) is 19.5. The fourth-order valence-corrected chi connectivity index (χ4v) is 7.71. The standard InChI is InChI=1S/C31H29NO/c33-30-28(22-13-5-2-6-14-22)27(21-11-3-1-4-12-21)29-26-19-23(24-15-7-8-16-25(24)26)20-31(29,30)32-17-9-10-18-32/h1-8,11-16,23,26,29H,9-10,17-20H2/t23-,26-,29-,31+/m0/s1. The molecule has 1 saturated carbocycles. The summed E-state index contributed by atoms with van der Waals surface area (Å²) in [6.07, 6.45) is 4.53. The van der Waals surface area contributed by atoms with Crippen LogP contribution in [0.1, 0.15) is 59.8 Å². The molecule has 0 unspecified atom stereocenters. The van der Waals surface area contributed by atoms with Gasteiger partial charge < -0.3 is 0 Å². The lowest BCUT2D eigenvalue weighted by Crippen LogP contribution is -2.59. The lowest BCUT2D eigenvalue weighted by atomic mass is 9.63. The van der Waals surface area contributed by atoms with Crippen molar-refractivity contribution in [3.63, 3.8) is 0 Å². The SMILES string of the molecule is O=C1C(c2ccccc2)=C(c2ccccc2)[C@@H]2[C@H]3C[C@@H](C[C@]12N1CCCC1)c1ccccc13. The molecular formula is C31H29NO. The Morgan fingerprint density at radius 3 is 2.03 bits per heavy atom. The third-order valence-electron chi connectivity index (χ3n) is 8.87. The molecule has 3 aliphatic carbocycles. The molecule has 0 amide bonds. The van der Waals surface area contributed by atoms with Crippen molar-refractivity contribution in [1.82, 2.24) is 4.90 Å². The van der Waals surface area contributed by atoms with Crippen molar-refractivity contribution in [3.8, 4) is 0 Å². The van der Waals surface area contributed by atoms with Crippen LogP contribution in [0.2, 0.25) is 0 Å². The second kappa shape index (κ2) is 7.27. The lowest BCUT2D eigenvalue weighted by Gasteiger charge is -2.49. The van der Waals surface area contributed by atoms with Crippen LogP contribution in [0.3, 0.4) is 0 Å². The Morgan fingerprint density at radius 1 is 0.727 bits per heavy atom. The molecule has 0 aromatic heterocycles. The zero-order valence-corrected chi connectivity index (χ0v) is 18.9. The average molecular weight is 432 g/mol. The van der Waals surface area contributed by atoms with E-state index >= 15 is 0 Å². The summed E-state index contributed by atoms with van der Waals surface area (Å²) in [5, 5.41) is 0. The van der Waals surface area contributed by atoms with Crippen LogP contribution in [0.5, 0.6) is 0 Å². The van der Waals surface area contributed by atoms with E-state index in [1.54, 1.807) is 0 Å². The Hall–Kier alpha value is -2.97. The number of likely N-dealkylation sites (tertiary alicyclic amines) is 1. The van der Waals surface area contributed by atoms with Crippen molar-refractivity contribution >= 4 is 16.9 Å². The molecule has 33 heavy (non-hydrogen) atoms. The highest BCUT2D eigenvalue weighted by molar-refractivity contribution is 6.36. The Balaban J connectivity index is 1.53. The van der Waals surface area contributed by atoms with Crippen molar-refractivity contribution in [3.05, 3.63) is 107 Å². The predicted molar refractivity (Wildman–Crippen MR) is 133 cm³/mol. The van der Waals surface area contributed by atoms with Gasteiger partial charge >= 0.3 is 0 Å². The highest BCUT2D eigenvalue weighted by Crippen LogP contribution is 2.66. The fraction of sp³-hybridized carbons (Fsp3) is 0.323. The zero-order chi connectivity index (χ0) is 22.0. The minimum Gasteiger partial charge on any atom is -0.292 e. The van der Waals surface area contributed by atoms with E-state index in [1.807, 2.05) is 6.07 Å². The van der Waals surface area contributed by atoms with E-state index in [1.165, 1.54) is 41.5 Å². The van der Waals surface area contributed by atoms with Gasteiger partial charge in [0.1, 0.15) is 0 Å². The van der Waals surface area contributed by atoms with E-state index < -0.39 is 5.54 Å². The van der Waals surface area contributed by atoms with Gasteiger partial charge in [-0.05, 0) is 78.4 Å². The van der Waals surface area contributed by atoms with Gasteiger partial charge in [0, 0.05) is 11.5 Å². The minimum absolute atomic E-state index is 0.209. The van der Waals surface area contributed by atoms with Crippen molar-refractivity contribution in [2.75, 3.05) is 13.1 Å². The highest BCUT2D eigenvalue weighted by atomic mass is 16.1. The molecule has 4 aliphatic rings. The van der Waals surface area contributed by atoms with E-state index in [-0.39, 0.29) is 5.92 Å². The zero-order valence-electron chi connectivity index (χ0n) is 18.9. The van der Waals surface area contributed by atoms with Crippen LogP contribution in [0.15, 0.2) is 84.9 Å². The maximum Gasteiger partial charge on any atom is 0.184 e. The van der Waals surface area contributed by atoms with Gasteiger partial charge in [-0.2, -0.15) is 0 Å². The van der Waals surface area contributed by atoms with Crippen LogP contribution in [0.25, 0.3) is 11.1 Å². The molecule has 0 spiro atoms. The van der Waals surface area contributed by atoms with E-state index in [0.717, 1.165) is 30.6 Å². The molecular weight excluding hydrogens is 402 g/mol. The van der Waals surface area contributed by atoms with Crippen LogP contribution in [-0.4, -0.2) is 29.3 Å². The van der Waals surface area contributed by atoms with Gasteiger partial charge in [0.2, 0.25) is 0 Å². The van der Waals surface area contributed by atoms with Gasteiger partial charge in [0.25, 0.3) is 0 Å². The number of hydrogen-bond donors (Lipinski definition) is 0. The molecule has 2 nitrogen and oxygen atoms in total. The Kier molecular flexibility index (Phi) is 4.29. The van der Waals surface area contributed by atoms with Gasteiger partial charge in [0.15, 0.2) is 5.78 Å². The average Bonchev–Trinajstić information content (AvgIpc) is 3.58. The maximum absolute atomic E-state index is 14.8. The lowest BCUT2D eigenvalue weighted by molar-refractivity contribution is -0.128. The van der Waals surface area contributed by atoms with E-state index in [0.29, 0.717) is 17.6 Å². The minimum atomic E-state index is -0.417. The smallest absolute Gasteiger partial charge is 0.184 e. The number of hydrogen-bond acceptors (Lipinski definition) is 2. The van der Waals surface area contributed by atoms with Crippen LogP contribution in [0, 0.1) is 5.92 Å². The molecule has 7 rings (SSSR count).